The average Bonchev–Trinajstić information content (AvgIpc) is 2.75. The molecule has 0 saturated heterocycles. The number of aromatic hydroxyl groups is 1. The van der Waals surface area contributed by atoms with Crippen molar-refractivity contribution in [3.63, 3.8) is 0 Å². The zero-order chi connectivity index (χ0) is 25.9. The van der Waals surface area contributed by atoms with E-state index in [0.29, 0.717) is 17.7 Å². The summed E-state index contributed by atoms with van der Waals surface area (Å²) in [5.41, 5.74) is 0.0290. The fourth-order valence-electron chi connectivity index (χ4n) is 3.21. The number of phenolic OH excluding ortho intramolecular Hbond substituents is 1. The molecule has 0 fully saturated rings. The summed E-state index contributed by atoms with van der Waals surface area (Å²) in [6, 6.07) is 3.67. The molecule has 0 heterocycles. The van der Waals surface area contributed by atoms with Crippen molar-refractivity contribution in [3.8, 4) is 11.8 Å². The highest BCUT2D eigenvalue weighted by molar-refractivity contribution is 5.92. The quantitative estimate of drug-likeness (QED) is 0.282. The minimum Gasteiger partial charge on any atom is -0.508 e. The smallest absolute Gasteiger partial charge is 0.408 e. The van der Waals surface area contributed by atoms with Gasteiger partial charge in [0.15, 0.2) is 0 Å². The Morgan fingerprint density at radius 1 is 1.24 bits per heavy atom. The first-order valence-electron chi connectivity index (χ1n) is 11.3. The van der Waals surface area contributed by atoms with Gasteiger partial charge < -0.3 is 30.5 Å². The molecule has 2 atom stereocenters. The highest BCUT2D eigenvalue weighted by atomic mass is 16.6. The van der Waals surface area contributed by atoms with E-state index < -0.39 is 48.7 Å². The highest BCUT2D eigenvalue weighted by Gasteiger charge is 2.36. The van der Waals surface area contributed by atoms with Crippen LogP contribution in [0.1, 0.15) is 64.1 Å². The fraction of sp³-hybridized carbons (Fsp3) is 0.583. The second kappa shape index (κ2) is 13.4. The number of nitriles is 1. The SMILES string of the molecule is CCCCCNC(=O)C(c1ccc(O)c(C)c1)N(CC#N)C(=O)C(CO)NC(=O)OC(C)(C)C. The Morgan fingerprint density at radius 3 is 2.44 bits per heavy atom. The number of aliphatic hydroxyl groups is 1. The van der Waals surface area contributed by atoms with Crippen LogP contribution in [-0.4, -0.2) is 64.4 Å². The maximum atomic E-state index is 13.3. The van der Waals surface area contributed by atoms with Crippen molar-refractivity contribution in [1.29, 1.82) is 5.26 Å². The summed E-state index contributed by atoms with van der Waals surface area (Å²) < 4.78 is 5.15. The van der Waals surface area contributed by atoms with Crippen molar-refractivity contribution < 1.29 is 29.3 Å². The lowest BCUT2D eigenvalue weighted by atomic mass is 10.00. The van der Waals surface area contributed by atoms with Crippen LogP contribution in [0, 0.1) is 18.3 Å². The van der Waals surface area contributed by atoms with Crippen molar-refractivity contribution in [3.05, 3.63) is 29.3 Å². The van der Waals surface area contributed by atoms with Crippen LogP contribution in [0.4, 0.5) is 4.79 Å². The average molecular weight is 477 g/mol. The molecule has 0 aliphatic rings. The first kappa shape index (κ1) is 28.7. The largest absolute Gasteiger partial charge is 0.508 e. The number of ether oxygens (including phenoxy) is 1. The Balaban J connectivity index is 3.31. The molecule has 4 N–H and O–H groups in total. The minimum atomic E-state index is -1.43. The first-order valence-corrected chi connectivity index (χ1v) is 11.3. The lowest BCUT2D eigenvalue weighted by Crippen LogP contribution is -2.54. The van der Waals surface area contributed by atoms with E-state index in [2.05, 4.69) is 10.6 Å². The Kier molecular flexibility index (Phi) is 11.3. The van der Waals surface area contributed by atoms with E-state index in [1.54, 1.807) is 33.8 Å². The molecule has 0 aliphatic carbocycles. The molecule has 0 radical (unpaired) electrons. The van der Waals surface area contributed by atoms with Gasteiger partial charge in [0, 0.05) is 6.54 Å². The number of nitrogens with one attached hydrogen (secondary N) is 2. The molecule has 0 aromatic heterocycles. The van der Waals surface area contributed by atoms with E-state index in [9.17, 15) is 29.9 Å². The van der Waals surface area contributed by atoms with Gasteiger partial charge in [0.2, 0.25) is 11.8 Å². The Bertz CT molecular complexity index is 890. The number of benzene rings is 1. The van der Waals surface area contributed by atoms with E-state index in [1.165, 1.54) is 12.1 Å². The monoisotopic (exact) mass is 476 g/mol. The second-order valence-corrected chi connectivity index (χ2v) is 8.95. The zero-order valence-electron chi connectivity index (χ0n) is 20.6. The number of phenols is 1. The second-order valence-electron chi connectivity index (χ2n) is 8.95. The van der Waals surface area contributed by atoms with Crippen LogP contribution in [0.15, 0.2) is 18.2 Å². The third kappa shape index (κ3) is 8.90. The summed E-state index contributed by atoms with van der Waals surface area (Å²) in [6.07, 6.45) is 1.70. The third-order valence-corrected chi connectivity index (χ3v) is 4.87. The lowest BCUT2D eigenvalue weighted by molar-refractivity contribution is -0.142. The van der Waals surface area contributed by atoms with E-state index >= 15 is 0 Å². The molecule has 2 unspecified atom stereocenters. The molecule has 0 aliphatic heterocycles. The van der Waals surface area contributed by atoms with E-state index in [0.717, 1.165) is 24.2 Å². The van der Waals surface area contributed by atoms with Crippen molar-refractivity contribution in [1.82, 2.24) is 15.5 Å². The van der Waals surface area contributed by atoms with E-state index in [1.807, 2.05) is 13.0 Å². The van der Waals surface area contributed by atoms with Crippen molar-refractivity contribution in [2.24, 2.45) is 0 Å². The molecule has 0 spiro atoms. The standard InChI is InChI=1S/C24H36N4O6/c1-6-7-8-12-26-21(31)20(17-9-10-19(30)16(2)14-17)28(13-11-25)22(32)18(15-29)27-23(33)34-24(3,4)5/h9-10,14,18,20,29-30H,6-8,12-13,15H2,1-5H3,(H,26,31)(H,27,33). The van der Waals surface area contributed by atoms with Gasteiger partial charge in [0.05, 0.1) is 12.7 Å². The summed E-state index contributed by atoms with van der Waals surface area (Å²) >= 11 is 0. The van der Waals surface area contributed by atoms with Crippen LogP contribution < -0.4 is 10.6 Å². The molecule has 1 rings (SSSR count). The van der Waals surface area contributed by atoms with Crippen molar-refractivity contribution >= 4 is 17.9 Å². The summed E-state index contributed by atoms with van der Waals surface area (Å²) in [5.74, 6) is -1.32. The molecule has 34 heavy (non-hydrogen) atoms. The Morgan fingerprint density at radius 2 is 1.91 bits per heavy atom. The number of unbranched alkanes of at least 4 members (excludes halogenated alkanes) is 2. The van der Waals surface area contributed by atoms with Gasteiger partial charge in [-0.2, -0.15) is 5.26 Å². The summed E-state index contributed by atoms with van der Waals surface area (Å²) in [5, 5.41) is 34.2. The molecular weight excluding hydrogens is 440 g/mol. The molecule has 3 amide bonds. The normalized spacial score (nSPS) is 12.7. The first-order chi connectivity index (χ1) is 15.9. The number of nitrogens with zero attached hydrogens (tertiary/aromatic N) is 2. The maximum absolute atomic E-state index is 13.3. The van der Waals surface area contributed by atoms with Gasteiger partial charge in [-0.05, 0) is 57.4 Å². The molecule has 0 bridgehead atoms. The Hall–Kier alpha value is -3.32. The predicted octanol–water partition coefficient (Wildman–Crippen LogP) is 2.29. The number of alkyl carbamates (subject to hydrolysis) is 1. The molecule has 1 aromatic carbocycles. The Labute approximate surface area is 200 Å². The molecule has 188 valence electrons. The summed E-state index contributed by atoms with van der Waals surface area (Å²) in [7, 11) is 0. The van der Waals surface area contributed by atoms with Gasteiger partial charge in [-0.3, -0.25) is 9.59 Å². The number of rotatable bonds is 11. The van der Waals surface area contributed by atoms with Gasteiger partial charge in [0.1, 0.15) is 30.0 Å². The van der Waals surface area contributed by atoms with Crippen LogP contribution in [0.5, 0.6) is 5.75 Å². The minimum absolute atomic E-state index is 0.0174. The molecule has 10 nitrogen and oxygen atoms in total. The molecule has 1 aromatic rings. The number of carbonyl (C=O) groups excluding carboxylic acids is 3. The topological polar surface area (TPSA) is 152 Å². The number of hydrogen-bond acceptors (Lipinski definition) is 7. The van der Waals surface area contributed by atoms with Gasteiger partial charge >= 0.3 is 6.09 Å². The lowest BCUT2D eigenvalue weighted by Gasteiger charge is -2.32. The zero-order valence-corrected chi connectivity index (χ0v) is 20.6. The van der Waals surface area contributed by atoms with Crippen LogP contribution in [0.25, 0.3) is 0 Å². The molecular formula is C24H36N4O6. The van der Waals surface area contributed by atoms with Crippen LogP contribution in [-0.2, 0) is 14.3 Å². The number of amides is 3. The van der Waals surface area contributed by atoms with Gasteiger partial charge in [0.25, 0.3) is 0 Å². The fourth-order valence-corrected chi connectivity index (χ4v) is 3.21. The highest BCUT2D eigenvalue weighted by Crippen LogP contribution is 2.27. The van der Waals surface area contributed by atoms with E-state index in [4.69, 9.17) is 4.74 Å². The molecule has 0 saturated carbocycles. The van der Waals surface area contributed by atoms with Crippen molar-refractivity contribution in [2.75, 3.05) is 19.7 Å². The van der Waals surface area contributed by atoms with Crippen molar-refractivity contribution in [2.45, 2.75) is 71.6 Å². The third-order valence-electron chi connectivity index (χ3n) is 4.87. The van der Waals surface area contributed by atoms with Gasteiger partial charge in [-0.15, -0.1) is 0 Å². The van der Waals surface area contributed by atoms with E-state index in [-0.39, 0.29) is 5.75 Å². The van der Waals surface area contributed by atoms with Crippen LogP contribution in [0.2, 0.25) is 0 Å². The number of aliphatic hydroxyl groups excluding tert-OH is 1. The van der Waals surface area contributed by atoms with Crippen LogP contribution >= 0.6 is 0 Å². The summed E-state index contributed by atoms with van der Waals surface area (Å²) in [4.78, 5) is 39.7. The predicted molar refractivity (Wildman–Crippen MR) is 126 cm³/mol. The van der Waals surface area contributed by atoms with Gasteiger partial charge in [-0.25, -0.2) is 4.79 Å². The number of aryl methyl sites for hydroxylation is 1. The number of hydrogen-bond donors (Lipinski definition) is 4. The van der Waals surface area contributed by atoms with Crippen LogP contribution in [0.3, 0.4) is 0 Å². The number of carbonyl (C=O) groups is 3. The van der Waals surface area contributed by atoms with Gasteiger partial charge in [-0.1, -0.05) is 25.8 Å². The maximum Gasteiger partial charge on any atom is 0.408 e. The summed E-state index contributed by atoms with van der Waals surface area (Å²) in [6.45, 7) is 7.77. The molecule has 10 heteroatoms.